The number of carbonyl (C=O) groups is 1. The van der Waals surface area contributed by atoms with Gasteiger partial charge in [0.2, 0.25) is 10.0 Å². The minimum absolute atomic E-state index is 0.0650. The Kier molecular flexibility index (Phi) is 5.82. The summed E-state index contributed by atoms with van der Waals surface area (Å²) >= 11 is 5.87. The maximum absolute atomic E-state index is 11.9. The second-order valence-corrected chi connectivity index (χ2v) is 7.28. The molecule has 0 aliphatic carbocycles. The van der Waals surface area contributed by atoms with Gasteiger partial charge in [-0.1, -0.05) is 23.7 Å². The Balaban J connectivity index is 1.84. The number of nitrogens with one attached hydrogen (secondary N) is 2. The fourth-order valence-corrected chi connectivity index (χ4v) is 2.84. The van der Waals surface area contributed by atoms with Crippen LogP contribution in [0.1, 0.15) is 11.1 Å². The number of carbonyl (C=O) groups excluding carboxylic acids is 1. The summed E-state index contributed by atoms with van der Waals surface area (Å²) in [5.74, 6) is 0. The van der Waals surface area contributed by atoms with Gasteiger partial charge in [0, 0.05) is 17.3 Å². The molecule has 8 heteroatoms. The van der Waals surface area contributed by atoms with Crippen molar-refractivity contribution in [2.75, 3.05) is 11.9 Å². The number of aryl methyl sites for hydroxylation is 1. The van der Waals surface area contributed by atoms with Crippen LogP contribution in [-0.4, -0.2) is 21.0 Å². The average molecular weight is 368 g/mol. The highest BCUT2D eigenvalue weighted by Crippen LogP contribution is 2.19. The summed E-state index contributed by atoms with van der Waals surface area (Å²) in [4.78, 5) is 11.9. The fourth-order valence-electron chi connectivity index (χ4n) is 2.10. The zero-order valence-electron chi connectivity index (χ0n) is 13.0. The molecule has 0 atom stereocenters. The van der Waals surface area contributed by atoms with Gasteiger partial charge in [-0.2, -0.15) is 0 Å². The number of hydrogen-bond donors (Lipinski definition) is 3. The maximum atomic E-state index is 11.9. The van der Waals surface area contributed by atoms with Crippen molar-refractivity contribution in [1.82, 2.24) is 5.32 Å². The zero-order valence-corrected chi connectivity index (χ0v) is 14.6. The molecule has 0 saturated heterocycles. The van der Waals surface area contributed by atoms with Crippen molar-refractivity contribution in [2.45, 2.75) is 18.2 Å². The van der Waals surface area contributed by atoms with Gasteiger partial charge in [-0.3, -0.25) is 0 Å². The Labute approximate surface area is 146 Å². The molecule has 0 fully saturated rings. The number of urea groups is 1. The second kappa shape index (κ2) is 7.65. The predicted octanol–water partition coefficient (Wildman–Crippen LogP) is 2.66. The molecule has 0 unspecified atom stereocenters. The van der Waals surface area contributed by atoms with Crippen molar-refractivity contribution in [3.8, 4) is 0 Å². The van der Waals surface area contributed by atoms with Gasteiger partial charge in [0.25, 0.3) is 0 Å². The Hall–Kier alpha value is -2.09. The van der Waals surface area contributed by atoms with Gasteiger partial charge in [-0.05, 0) is 54.8 Å². The maximum Gasteiger partial charge on any atom is 0.319 e. The van der Waals surface area contributed by atoms with E-state index in [1.165, 1.54) is 12.1 Å². The molecule has 0 bridgehead atoms. The third-order valence-corrected chi connectivity index (χ3v) is 4.55. The Morgan fingerprint density at radius 3 is 2.42 bits per heavy atom. The molecule has 0 aliphatic rings. The summed E-state index contributed by atoms with van der Waals surface area (Å²) in [6.45, 7) is 2.27. The van der Waals surface area contributed by atoms with Crippen LogP contribution in [0.5, 0.6) is 0 Å². The number of sulfonamides is 1. The lowest BCUT2D eigenvalue weighted by Gasteiger charge is -2.10. The molecule has 0 heterocycles. The van der Waals surface area contributed by atoms with Crippen LogP contribution in [0.15, 0.2) is 47.4 Å². The molecule has 128 valence electrons. The molecular formula is C16H18ClN3O3S. The largest absolute Gasteiger partial charge is 0.338 e. The van der Waals surface area contributed by atoms with Gasteiger partial charge in [0.15, 0.2) is 0 Å². The van der Waals surface area contributed by atoms with E-state index >= 15 is 0 Å². The Bertz CT molecular complexity index is 836. The van der Waals surface area contributed by atoms with E-state index in [9.17, 15) is 13.2 Å². The molecule has 4 N–H and O–H groups in total. The second-order valence-electron chi connectivity index (χ2n) is 5.28. The van der Waals surface area contributed by atoms with Gasteiger partial charge in [0.1, 0.15) is 0 Å². The van der Waals surface area contributed by atoms with E-state index in [4.69, 9.17) is 16.7 Å². The molecule has 24 heavy (non-hydrogen) atoms. The van der Waals surface area contributed by atoms with Gasteiger partial charge in [-0.25, -0.2) is 18.4 Å². The lowest BCUT2D eigenvalue weighted by atomic mass is 10.1. The standard InChI is InChI=1S/C16H18ClN3O3S/c1-11-10-13(17)4-7-15(11)20-16(21)19-9-8-12-2-5-14(6-3-12)24(18,22)23/h2-7,10H,8-9H2,1H3,(H2,18,22,23)(H2,19,20,21). The molecule has 2 rings (SSSR count). The summed E-state index contributed by atoms with van der Waals surface area (Å²) in [6, 6.07) is 11.1. The molecule has 6 nitrogen and oxygen atoms in total. The highest BCUT2D eigenvalue weighted by atomic mass is 35.5. The number of nitrogens with two attached hydrogens (primary N) is 1. The minimum Gasteiger partial charge on any atom is -0.338 e. The summed E-state index contributed by atoms with van der Waals surface area (Å²) in [6.07, 6.45) is 0.567. The predicted molar refractivity (Wildman–Crippen MR) is 94.7 cm³/mol. The van der Waals surface area contributed by atoms with Crippen LogP contribution in [0.4, 0.5) is 10.5 Å². The van der Waals surface area contributed by atoms with Crippen LogP contribution >= 0.6 is 11.6 Å². The molecule has 2 aromatic rings. The smallest absolute Gasteiger partial charge is 0.319 e. The third-order valence-electron chi connectivity index (χ3n) is 3.39. The van der Waals surface area contributed by atoms with Crippen LogP contribution in [-0.2, 0) is 16.4 Å². The van der Waals surface area contributed by atoms with Crippen LogP contribution in [0.25, 0.3) is 0 Å². The molecule has 0 radical (unpaired) electrons. The quantitative estimate of drug-likeness (QED) is 0.757. The lowest BCUT2D eigenvalue weighted by molar-refractivity contribution is 0.252. The van der Waals surface area contributed by atoms with Gasteiger partial charge < -0.3 is 10.6 Å². The van der Waals surface area contributed by atoms with E-state index in [0.717, 1.165) is 11.1 Å². The van der Waals surface area contributed by atoms with Crippen molar-refractivity contribution in [3.63, 3.8) is 0 Å². The molecule has 2 aromatic carbocycles. The van der Waals surface area contributed by atoms with Crippen molar-refractivity contribution in [2.24, 2.45) is 5.14 Å². The highest BCUT2D eigenvalue weighted by Gasteiger charge is 2.07. The molecular weight excluding hydrogens is 350 g/mol. The monoisotopic (exact) mass is 367 g/mol. The number of amides is 2. The molecule has 2 amide bonds. The lowest BCUT2D eigenvalue weighted by Crippen LogP contribution is -2.30. The van der Waals surface area contributed by atoms with Crippen LogP contribution in [0.3, 0.4) is 0 Å². The first kappa shape index (κ1) is 18.3. The third kappa shape index (κ3) is 5.23. The van der Waals surface area contributed by atoms with E-state index in [1.807, 2.05) is 6.92 Å². The highest BCUT2D eigenvalue weighted by molar-refractivity contribution is 7.89. The number of anilines is 1. The van der Waals surface area contributed by atoms with Crippen LogP contribution in [0.2, 0.25) is 5.02 Å². The Morgan fingerprint density at radius 2 is 1.83 bits per heavy atom. The number of benzene rings is 2. The van der Waals surface area contributed by atoms with E-state index in [0.29, 0.717) is 23.7 Å². The molecule has 0 saturated carbocycles. The van der Waals surface area contributed by atoms with E-state index in [2.05, 4.69) is 10.6 Å². The summed E-state index contributed by atoms with van der Waals surface area (Å²) in [5.41, 5.74) is 2.45. The summed E-state index contributed by atoms with van der Waals surface area (Å²) in [7, 11) is -3.68. The van der Waals surface area contributed by atoms with Crippen molar-refractivity contribution < 1.29 is 13.2 Å². The molecule has 0 aromatic heterocycles. The van der Waals surface area contributed by atoms with Gasteiger partial charge >= 0.3 is 6.03 Å². The van der Waals surface area contributed by atoms with Crippen molar-refractivity contribution >= 4 is 33.3 Å². The first-order valence-electron chi connectivity index (χ1n) is 7.18. The number of primary sulfonamides is 1. The molecule has 0 aliphatic heterocycles. The number of rotatable bonds is 5. The average Bonchev–Trinajstić information content (AvgIpc) is 2.50. The number of hydrogen-bond acceptors (Lipinski definition) is 3. The first-order valence-corrected chi connectivity index (χ1v) is 9.11. The fraction of sp³-hybridized carbons (Fsp3) is 0.188. The zero-order chi connectivity index (χ0) is 17.7. The van der Waals surface area contributed by atoms with E-state index in [-0.39, 0.29) is 10.9 Å². The first-order chi connectivity index (χ1) is 11.3. The minimum atomic E-state index is -3.68. The van der Waals surface area contributed by atoms with Crippen LogP contribution in [0, 0.1) is 6.92 Å². The van der Waals surface area contributed by atoms with E-state index in [1.54, 1.807) is 30.3 Å². The van der Waals surface area contributed by atoms with E-state index < -0.39 is 10.0 Å². The van der Waals surface area contributed by atoms with Gasteiger partial charge in [-0.15, -0.1) is 0 Å². The SMILES string of the molecule is Cc1cc(Cl)ccc1NC(=O)NCCc1ccc(S(N)(=O)=O)cc1. The van der Waals surface area contributed by atoms with Crippen molar-refractivity contribution in [3.05, 3.63) is 58.6 Å². The Morgan fingerprint density at radius 1 is 1.17 bits per heavy atom. The topological polar surface area (TPSA) is 101 Å². The normalized spacial score (nSPS) is 11.1. The summed E-state index contributed by atoms with van der Waals surface area (Å²) in [5, 5.41) is 11.1. The van der Waals surface area contributed by atoms with Gasteiger partial charge in [0.05, 0.1) is 4.90 Å². The molecule has 0 spiro atoms. The van der Waals surface area contributed by atoms with Crippen molar-refractivity contribution in [1.29, 1.82) is 0 Å². The van der Waals surface area contributed by atoms with Crippen LogP contribution < -0.4 is 15.8 Å². The summed E-state index contributed by atoms with van der Waals surface area (Å²) < 4.78 is 22.3. The number of halogens is 1.